The molecule has 0 bridgehead atoms. The van der Waals surface area contributed by atoms with Gasteiger partial charge in [0.1, 0.15) is 11.8 Å². The van der Waals surface area contributed by atoms with Gasteiger partial charge in [-0.2, -0.15) is 0 Å². The van der Waals surface area contributed by atoms with Crippen LogP contribution in [0.1, 0.15) is 35.4 Å². The molecule has 2 atom stereocenters. The number of hydrogen-bond acceptors (Lipinski definition) is 5. The number of benzene rings is 1. The van der Waals surface area contributed by atoms with Crippen molar-refractivity contribution in [1.29, 1.82) is 0 Å². The van der Waals surface area contributed by atoms with Crippen LogP contribution in [0.15, 0.2) is 35.0 Å². The zero-order valence-electron chi connectivity index (χ0n) is 15.8. The Morgan fingerprint density at radius 1 is 1.30 bits per heavy atom. The molecule has 0 aliphatic heterocycles. The number of methoxy groups -OCH3 is 1. The van der Waals surface area contributed by atoms with Crippen molar-refractivity contribution in [1.82, 2.24) is 15.5 Å². The van der Waals surface area contributed by atoms with Crippen LogP contribution in [0.4, 0.5) is 0 Å². The highest BCUT2D eigenvalue weighted by atomic mass is 16.5. The van der Waals surface area contributed by atoms with Crippen molar-refractivity contribution >= 4 is 22.8 Å². The molecule has 1 unspecified atom stereocenters. The van der Waals surface area contributed by atoms with Gasteiger partial charge in [0.15, 0.2) is 0 Å². The van der Waals surface area contributed by atoms with Gasteiger partial charge >= 0.3 is 5.97 Å². The quantitative estimate of drug-likeness (QED) is 0.651. The number of esters is 1. The number of carbonyl (C=O) groups is 2. The lowest BCUT2D eigenvalue weighted by molar-refractivity contribution is -0.145. The summed E-state index contributed by atoms with van der Waals surface area (Å²) >= 11 is 0. The molecule has 142 valence electrons. The minimum atomic E-state index is -0.787. The number of aromatic amines is 1. The standard InChI is InChI=1S/C20H23N3O4/c1-11(18-12(2)23-27-13(18)3)19(24)22-17(20(25)26-4)9-14-10-21-16-8-6-5-7-15(14)16/h5-8,10-11,17,21H,9H2,1-4H3,(H,22,24)/t11?,17-/m1/s1. The first-order valence-electron chi connectivity index (χ1n) is 8.78. The molecule has 3 aromatic rings. The van der Waals surface area contributed by atoms with Gasteiger partial charge in [-0.3, -0.25) is 4.79 Å². The number of fused-ring (bicyclic) bond motifs is 1. The lowest BCUT2D eigenvalue weighted by atomic mass is 9.97. The van der Waals surface area contributed by atoms with Crippen LogP contribution in [0.25, 0.3) is 10.9 Å². The number of aromatic nitrogens is 2. The number of para-hydroxylation sites is 1. The molecule has 7 heteroatoms. The van der Waals surface area contributed by atoms with Gasteiger partial charge in [0.2, 0.25) is 5.91 Å². The van der Waals surface area contributed by atoms with Crippen LogP contribution < -0.4 is 5.32 Å². The number of hydrogen-bond donors (Lipinski definition) is 2. The van der Waals surface area contributed by atoms with Crippen LogP contribution >= 0.6 is 0 Å². The number of rotatable bonds is 6. The van der Waals surface area contributed by atoms with Gasteiger partial charge in [0, 0.05) is 29.1 Å². The van der Waals surface area contributed by atoms with E-state index in [0.29, 0.717) is 17.9 Å². The van der Waals surface area contributed by atoms with E-state index in [0.717, 1.165) is 22.0 Å². The second-order valence-corrected chi connectivity index (χ2v) is 6.61. The maximum atomic E-state index is 12.8. The van der Waals surface area contributed by atoms with E-state index in [1.54, 1.807) is 20.8 Å². The third-order valence-corrected chi connectivity index (χ3v) is 4.82. The zero-order chi connectivity index (χ0) is 19.6. The summed E-state index contributed by atoms with van der Waals surface area (Å²) in [5, 5.41) is 7.72. The first kappa shape index (κ1) is 18.7. The first-order valence-corrected chi connectivity index (χ1v) is 8.78. The monoisotopic (exact) mass is 369 g/mol. The maximum absolute atomic E-state index is 12.8. The number of ether oxygens (including phenoxy) is 1. The number of nitrogens with zero attached hydrogens (tertiary/aromatic N) is 1. The van der Waals surface area contributed by atoms with Crippen molar-refractivity contribution in [3.8, 4) is 0 Å². The van der Waals surface area contributed by atoms with E-state index < -0.39 is 17.9 Å². The molecule has 3 rings (SSSR count). The molecule has 2 aromatic heterocycles. The Labute approximate surface area is 157 Å². The molecule has 0 radical (unpaired) electrons. The normalized spacial score (nSPS) is 13.3. The van der Waals surface area contributed by atoms with Gasteiger partial charge in [-0.15, -0.1) is 0 Å². The Morgan fingerprint density at radius 2 is 2.04 bits per heavy atom. The molecule has 7 nitrogen and oxygen atoms in total. The molecule has 1 aromatic carbocycles. The Balaban J connectivity index is 1.81. The second kappa shape index (κ2) is 7.65. The molecule has 2 heterocycles. The van der Waals surface area contributed by atoms with Crippen LogP contribution in [0.2, 0.25) is 0 Å². The van der Waals surface area contributed by atoms with E-state index in [9.17, 15) is 9.59 Å². The molecule has 0 aliphatic carbocycles. The third kappa shape index (κ3) is 3.72. The van der Waals surface area contributed by atoms with Crippen LogP contribution in [0.5, 0.6) is 0 Å². The molecule has 0 saturated carbocycles. The molecule has 2 N–H and O–H groups in total. The van der Waals surface area contributed by atoms with Crippen molar-refractivity contribution in [2.75, 3.05) is 7.11 Å². The Bertz CT molecular complexity index is 953. The van der Waals surface area contributed by atoms with Crippen LogP contribution in [0, 0.1) is 13.8 Å². The average molecular weight is 369 g/mol. The van der Waals surface area contributed by atoms with Gasteiger partial charge in [0.05, 0.1) is 18.7 Å². The molecular formula is C20H23N3O4. The van der Waals surface area contributed by atoms with Gasteiger partial charge in [0.25, 0.3) is 0 Å². The van der Waals surface area contributed by atoms with E-state index in [2.05, 4.69) is 15.5 Å². The largest absolute Gasteiger partial charge is 0.467 e. The summed E-state index contributed by atoms with van der Waals surface area (Å²) in [7, 11) is 1.31. The number of carbonyl (C=O) groups excluding carboxylic acids is 2. The summed E-state index contributed by atoms with van der Waals surface area (Å²) < 4.78 is 10.0. The van der Waals surface area contributed by atoms with Crippen LogP contribution in [-0.2, 0) is 20.7 Å². The topological polar surface area (TPSA) is 97.2 Å². The molecule has 0 aliphatic rings. The summed E-state index contributed by atoms with van der Waals surface area (Å²) in [6.07, 6.45) is 2.18. The predicted octanol–water partition coefficient (Wildman–Crippen LogP) is 2.78. The highest BCUT2D eigenvalue weighted by Crippen LogP contribution is 2.24. The van der Waals surface area contributed by atoms with Crippen molar-refractivity contribution in [3.63, 3.8) is 0 Å². The summed E-state index contributed by atoms with van der Waals surface area (Å²) in [6.45, 7) is 5.32. The molecule has 0 saturated heterocycles. The SMILES string of the molecule is COC(=O)[C@@H](Cc1c[nH]c2ccccc12)NC(=O)C(C)c1c(C)noc1C. The third-order valence-electron chi connectivity index (χ3n) is 4.82. The summed E-state index contributed by atoms with van der Waals surface area (Å²) in [5.74, 6) is -0.660. The van der Waals surface area contributed by atoms with E-state index in [-0.39, 0.29) is 5.91 Å². The van der Waals surface area contributed by atoms with E-state index in [1.807, 2.05) is 30.5 Å². The number of nitrogens with one attached hydrogen (secondary N) is 2. The van der Waals surface area contributed by atoms with Gasteiger partial charge in [-0.25, -0.2) is 4.79 Å². The summed E-state index contributed by atoms with van der Waals surface area (Å²) in [4.78, 5) is 28.2. The smallest absolute Gasteiger partial charge is 0.328 e. The fourth-order valence-corrected chi connectivity index (χ4v) is 3.39. The minimum absolute atomic E-state index is 0.278. The zero-order valence-corrected chi connectivity index (χ0v) is 15.8. The van der Waals surface area contributed by atoms with Crippen molar-refractivity contribution in [2.45, 2.75) is 39.2 Å². The van der Waals surface area contributed by atoms with Crippen molar-refractivity contribution in [3.05, 3.63) is 53.0 Å². The molecule has 1 amide bonds. The minimum Gasteiger partial charge on any atom is -0.467 e. The second-order valence-electron chi connectivity index (χ2n) is 6.61. The van der Waals surface area contributed by atoms with E-state index in [1.165, 1.54) is 7.11 Å². The van der Waals surface area contributed by atoms with Gasteiger partial charge in [-0.1, -0.05) is 23.4 Å². The number of amides is 1. The molecular weight excluding hydrogens is 346 g/mol. The van der Waals surface area contributed by atoms with Crippen LogP contribution in [-0.4, -0.2) is 35.2 Å². The Morgan fingerprint density at radius 3 is 2.70 bits per heavy atom. The molecule has 0 fully saturated rings. The van der Waals surface area contributed by atoms with Gasteiger partial charge in [-0.05, 0) is 32.4 Å². The average Bonchev–Trinajstić information content (AvgIpc) is 3.23. The van der Waals surface area contributed by atoms with Gasteiger partial charge < -0.3 is 19.6 Å². The van der Waals surface area contributed by atoms with Crippen LogP contribution in [0.3, 0.4) is 0 Å². The fourth-order valence-electron chi connectivity index (χ4n) is 3.39. The fraction of sp³-hybridized carbons (Fsp3) is 0.350. The first-order chi connectivity index (χ1) is 12.9. The highest BCUT2D eigenvalue weighted by molar-refractivity contribution is 5.90. The van der Waals surface area contributed by atoms with E-state index >= 15 is 0 Å². The van der Waals surface area contributed by atoms with Crippen molar-refractivity contribution < 1.29 is 18.8 Å². The number of H-pyrrole nitrogens is 1. The predicted molar refractivity (Wildman–Crippen MR) is 100 cm³/mol. The summed E-state index contributed by atoms with van der Waals surface area (Å²) in [6, 6.07) is 7.02. The Hall–Kier alpha value is -3.09. The summed E-state index contributed by atoms with van der Waals surface area (Å²) in [5.41, 5.74) is 3.32. The maximum Gasteiger partial charge on any atom is 0.328 e. The van der Waals surface area contributed by atoms with E-state index in [4.69, 9.17) is 9.26 Å². The lowest BCUT2D eigenvalue weighted by Gasteiger charge is -2.19. The molecule has 27 heavy (non-hydrogen) atoms. The highest BCUT2D eigenvalue weighted by Gasteiger charge is 2.28. The van der Waals surface area contributed by atoms with Crippen molar-refractivity contribution in [2.24, 2.45) is 0 Å². The number of aryl methyl sites for hydroxylation is 2. The molecule has 0 spiro atoms. The lowest BCUT2D eigenvalue weighted by Crippen LogP contribution is -2.44. The Kier molecular flexibility index (Phi) is 5.30.